The summed E-state index contributed by atoms with van der Waals surface area (Å²) in [7, 11) is 0. The van der Waals surface area contributed by atoms with E-state index in [0.29, 0.717) is 18.5 Å². The maximum Gasteiger partial charge on any atom is 0.408 e. The molecular formula is C30H48N4O5. The minimum atomic E-state index is -1.08. The minimum absolute atomic E-state index is 0.00459. The Labute approximate surface area is 233 Å². The van der Waals surface area contributed by atoms with Gasteiger partial charge in [0.1, 0.15) is 17.7 Å². The lowest BCUT2D eigenvalue weighted by molar-refractivity contribution is -0.143. The monoisotopic (exact) mass is 544 g/mol. The zero-order valence-corrected chi connectivity index (χ0v) is 24.2. The fourth-order valence-corrected chi connectivity index (χ4v) is 4.90. The Morgan fingerprint density at radius 1 is 1.03 bits per heavy atom. The van der Waals surface area contributed by atoms with E-state index in [1.807, 2.05) is 30.3 Å². The first kappa shape index (κ1) is 32.1. The van der Waals surface area contributed by atoms with Crippen LogP contribution in [0.4, 0.5) is 4.79 Å². The number of benzene rings is 1. The van der Waals surface area contributed by atoms with Gasteiger partial charge in [-0.3, -0.25) is 14.4 Å². The van der Waals surface area contributed by atoms with E-state index in [4.69, 9.17) is 10.5 Å². The van der Waals surface area contributed by atoms with Crippen molar-refractivity contribution in [2.45, 2.75) is 122 Å². The number of nitrogens with two attached hydrogens (primary N) is 1. The van der Waals surface area contributed by atoms with Gasteiger partial charge in [-0.15, -0.1) is 0 Å². The number of carbonyl (C=O) groups is 4. The van der Waals surface area contributed by atoms with Crippen molar-refractivity contribution in [3.8, 4) is 0 Å². The van der Waals surface area contributed by atoms with Crippen molar-refractivity contribution >= 4 is 23.8 Å². The smallest absolute Gasteiger partial charge is 0.408 e. The van der Waals surface area contributed by atoms with Crippen molar-refractivity contribution in [3.05, 3.63) is 35.9 Å². The summed E-state index contributed by atoms with van der Waals surface area (Å²) in [4.78, 5) is 53.9. The molecule has 1 aromatic carbocycles. The highest BCUT2D eigenvalue weighted by atomic mass is 16.6. The van der Waals surface area contributed by atoms with Gasteiger partial charge in [-0.25, -0.2) is 4.79 Å². The molecule has 4 N–H and O–H groups in total. The fourth-order valence-electron chi connectivity index (χ4n) is 4.90. The lowest BCUT2D eigenvalue weighted by atomic mass is 9.94. The number of alkyl carbamates (subject to hydrolysis) is 1. The number of carbonyl (C=O) groups excluding carboxylic acids is 4. The first-order valence-corrected chi connectivity index (χ1v) is 14.5. The van der Waals surface area contributed by atoms with Crippen molar-refractivity contribution in [2.75, 3.05) is 6.54 Å². The van der Waals surface area contributed by atoms with Crippen molar-refractivity contribution < 1.29 is 23.9 Å². The molecule has 0 spiro atoms. The van der Waals surface area contributed by atoms with Crippen LogP contribution in [0.25, 0.3) is 0 Å². The third kappa shape index (κ3) is 11.7. The highest BCUT2D eigenvalue weighted by Crippen LogP contribution is 2.26. The van der Waals surface area contributed by atoms with E-state index >= 15 is 0 Å². The zero-order valence-electron chi connectivity index (χ0n) is 24.2. The maximum atomic E-state index is 14.2. The highest BCUT2D eigenvalue weighted by molar-refractivity contribution is 5.92. The molecule has 1 aliphatic rings. The number of ether oxygens (including phenoxy) is 1. The molecule has 0 radical (unpaired) electrons. The Bertz CT molecular complexity index is 925. The summed E-state index contributed by atoms with van der Waals surface area (Å²) in [6.45, 7) is 7.63. The Kier molecular flexibility index (Phi) is 13.3. The molecular weight excluding hydrogens is 496 g/mol. The molecule has 0 aliphatic heterocycles. The van der Waals surface area contributed by atoms with Gasteiger partial charge < -0.3 is 26.0 Å². The Hall–Kier alpha value is -3.10. The number of primary amides is 1. The molecule has 2 rings (SSSR count). The summed E-state index contributed by atoms with van der Waals surface area (Å²) in [5.41, 5.74) is 5.32. The summed E-state index contributed by atoms with van der Waals surface area (Å²) in [6, 6.07) is 7.37. The Morgan fingerprint density at radius 2 is 1.69 bits per heavy atom. The lowest BCUT2D eigenvalue weighted by Crippen LogP contribution is -2.54. The first-order chi connectivity index (χ1) is 18.5. The highest BCUT2D eigenvalue weighted by Gasteiger charge is 2.36. The third-order valence-electron chi connectivity index (χ3n) is 6.83. The van der Waals surface area contributed by atoms with Gasteiger partial charge in [0.2, 0.25) is 17.7 Å². The fraction of sp³-hybridized carbons (Fsp3) is 0.667. The van der Waals surface area contributed by atoms with E-state index < -0.39 is 35.6 Å². The predicted octanol–water partition coefficient (Wildman–Crippen LogP) is 4.74. The Balaban J connectivity index is 2.42. The normalized spacial score (nSPS) is 15.6. The van der Waals surface area contributed by atoms with Crippen LogP contribution in [0.5, 0.6) is 0 Å². The molecule has 1 saturated carbocycles. The minimum Gasteiger partial charge on any atom is -0.444 e. The van der Waals surface area contributed by atoms with Gasteiger partial charge in [-0.05, 0) is 52.0 Å². The van der Waals surface area contributed by atoms with Crippen LogP contribution in [-0.4, -0.2) is 52.9 Å². The van der Waals surface area contributed by atoms with E-state index in [-0.39, 0.29) is 24.8 Å². The molecule has 9 heteroatoms. The molecule has 9 nitrogen and oxygen atoms in total. The molecule has 218 valence electrons. The molecule has 1 aromatic rings. The molecule has 0 aromatic heterocycles. The number of hydrogen-bond donors (Lipinski definition) is 3. The van der Waals surface area contributed by atoms with Crippen LogP contribution >= 0.6 is 0 Å². The largest absolute Gasteiger partial charge is 0.444 e. The van der Waals surface area contributed by atoms with Crippen molar-refractivity contribution in [1.29, 1.82) is 0 Å². The van der Waals surface area contributed by atoms with Gasteiger partial charge in [0.15, 0.2) is 0 Å². The Morgan fingerprint density at radius 3 is 2.28 bits per heavy atom. The maximum absolute atomic E-state index is 14.2. The van der Waals surface area contributed by atoms with Gasteiger partial charge >= 0.3 is 6.09 Å². The summed E-state index contributed by atoms with van der Waals surface area (Å²) in [6.07, 6.45) is 7.90. The molecule has 0 heterocycles. The van der Waals surface area contributed by atoms with E-state index in [1.165, 1.54) is 0 Å². The van der Waals surface area contributed by atoms with E-state index in [1.54, 1.807) is 25.7 Å². The van der Waals surface area contributed by atoms with Crippen LogP contribution in [0.15, 0.2) is 30.3 Å². The van der Waals surface area contributed by atoms with Crippen molar-refractivity contribution in [2.24, 2.45) is 5.73 Å². The number of nitrogens with zero attached hydrogens (tertiary/aromatic N) is 1. The van der Waals surface area contributed by atoms with E-state index in [2.05, 4.69) is 17.6 Å². The summed E-state index contributed by atoms with van der Waals surface area (Å²) < 4.78 is 5.39. The second-order valence-corrected chi connectivity index (χ2v) is 11.5. The van der Waals surface area contributed by atoms with Crippen molar-refractivity contribution in [1.82, 2.24) is 15.5 Å². The molecule has 4 amide bonds. The average molecular weight is 545 g/mol. The number of nitrogens with one attached hydrogen (secondary N) is 2. The van der Waals surface area contributed by atoms with Crippen LogP contribution in [0.1, 0.15) is 110 Å². The van der Waals surface area contributed by atoms with Gasteiger partial charge in [0.25, 0.3) is 0 Å². The third-order valence-corrected chi connectivity index (χ3v) is 6.83. The first-order valence-electron chi connectivity index (χ1n) is 14.5. The summed E-state index contributed by atoms with van der Waals surface area (Å²) in [5.74, 6) is -1.25. The molecule has 1 aliphatic carbocycles. The number of amides is 4. The molecule has 2 atom stereocenters. The summed E-state index contributed by atoms with van der Waals surface area (Å²) in [5, 5.41) is 5.84. The van der Waals surface area contributed by atoms with Gasteiger partial charge in [-0.1, -0.05) is 75.8 Å². The molecule has 0 saturated heterocycles. The average Bonchev–Trinajstić information content (AvgIpc) is 2.88. The number of hydrogen-bond acceptors (Lipinski definition) is 5. The molecule has 0 bridgehead atoms. The second-order valence-electron chi connectivity index (χ2n) is 11.5. The van der Waals surface area contributed by atoms with Crippen LogP contribution < -0.4 is 16.4 Å². The van der Waals surface area contributed by atoms with Crippen molar-refractivity contribution in [3.63, 3.8) is 0 Å². The number of unbranched alkanes of at least 4 members (excludes halogenated alkanes) is 3. The molecule has 39 heavy (non-hydrogen) atoms. The van der Waals surface area contributed by atoms with E-state index in [9.17, 15) is 19.2 Å². The topological polar surface area (TPSA) is 131 Å². The predicted molar refractivity (Wildman–Crippen MR) is 152 cm³/mol. The standard InChI is InChI=1S/C30H48N4O5/c1-5-6-7-14-21-34(28(37)24(19-20-25(31)35)33-29(38)39-30(2,3)4)26(22-15-10-8-11-16-22)27(36)32-23-17-12-9-13-18-23/h8,10-11,15-16,23-24,26H,5-7,9,12-14,17-21H2,1-4H3,(H2,31,35)(H,32,36)(H,33,38). The SMILES string of the molecule is CCCCCCN(C(=O)C(CCC(N)=O)NC(=O)OC(C)(C)C)C(C(=O)NC1CCCCC1)c1ccccc1. The van der Waals surface area contributed by atoms with Gasteiger partial charge in [-0.2, -0.15) is 0 Å². The van der Waals surface area contributed by atoms with Gasteiger partial charge in [0, 0.05) is 19.0 Å². The van der Waals surface area contributed by atoms with Crippen LogP contribution in [0.3, 0.4) is 0 Å². The van der Waals surface area contributed by atoms with Gasteiger partial charge in [0.05, 0.1) is 0 Å². The quantitative estimate of drug-likeness (QED) is 0.291. The molecule has 2 unspecified atom stereocenters. The molecule has 1 fully saturated rings. The van der Waals surface area contributed by atoms with Crippen LogP contribution in [0.2, 0.25) is 0 Å². The van der Waals surface area contributed by atoms with E-state index in [0.717, 1.165) is 51.4 Å². The zero-order chi connectivity index (χ0) is 28.8. The second kappa shape index (κ2) is 16.1. The lowest BCUT2D eigenvalue weighted by Gasteiger charge is -2.36. The number of rotatable bonds is 14. The van der Waals surface area contributed by atoms with Crippen LogP contribution in [0, 0.1) is 0 Å². The summed E-state index contributed by atoms with van der Waals surface area (Å²) >= 11 is 0. The van der Waals surface area contributed by atoms with Crippen LogP contribution in [-0.2, 0) is 19.1 Å².